The lowest BCUT2D eigenvalue weighted by molar-refractivity contribution is 0.0156. The summed E-state index contributed by atoms with van der Waals surface area (Å²) in [6.07, 6.45) is 7.70. The van der Waals surface area contributed by atoms with Crippen molar-refractivity contribution in [2.24, 2.45) is 0 Å². The molecule has 1 aliphatic heterocycles. The Morgan fingerprint density at radius 1 is 1.10 bits per heavy atom. The van der Waals surface area contributed by atoms with E-state index in [-0.39, 0.29) is 23.9 Å². The minimum atomic E-state index is -3.33. The molecule has 2 heterocycles. The first-order valence-corrected chi connectivity index (χ1v) is 12.8. The normalized spacial score (nSPS) is 26.8. The van der Waals surface area contributed by atoms with Crippen LogP contribution in [0.15, 0.2) is 48.7 Å². The van der Waals surface area contributed by atoms with Crippen LogP contribution in [0.1, 0.15) is 43.6 Å². The van der Waals surface area contributed by atoms with E-state index in [1.807, 2.05) is 0 Å². The van der Waals surface area contributed by atoms with E-state index < -0.39 is 10.0 Å². The van der Waals surface area contributed by atoms with Crippen molar-refractivity contribution in [1.82, 2.24) is 9.71 Å². The van der Waals surface area contributed by atoms with Gasteiger partial charge in [0.1, 0.15) is 11.6 Å². The second-order valence-electron chi connectivity index (χ2n) is 8.64. The number of aromatic nitrogens is 1. The second-order valence-corrected chi connectivity index (χ2v) is 10.4. The summed E-state index contributed by atoms with van der Waals surface area (Å²) in [6.45, 7) is 1.12. The van der Waals surface area contributed by atoms with E-state index in [0.717, 1.165) is 31.5 Å². The topological polar surface area (TPSA) is 91.8 Å². The van der Waals surface area contributed by atoms with Crippen molar-refractivity contribution in [1.29, 1.82) is 0 Å². The molecule has 0 spiro atoms. The SMILES string of the molecule is CS(=O)(=O)N[C@H]1CCN(c2ccc(O)cn2)[C@H]1COC1CCC(c2ccccc2)CC1. The van der Waals surface area contributed by atoms with E-state index in [2.05, 4.69) is 44.9 Å². The maximum atomic E-state index is 11.9. The van der Waals surface area contributed by atoms with Gasteiger partial charge in [-0.1, -0.05) is 30.3 Å². The number of pyridine rings is 1. The first-order valence-electron chi connectivity index (χ1n) is 10.9. The molecule has 1 saturated heterocycles. The highest BCUT2D eigenvalue weighted by Crippen LogP contribution is 2.34. The summed E-state index contributed by atoms with van der Waals surface area (Å²) < 4.78 is 32.8. The summed E-state index contributed by atoms with van der Waals surface area (Å²) in [6, 6.07) is 13.6. The summed E-state index contributed by atoms with van der Waals surface area (Å²) >= 11 is 0. The van der Waals surface area contributed by atoms with Crippen molar-refractivity contribution in [3.63, 3.8) is 0 Å². The Morgan fingerprint density at radius 3 is 2.48 bits per heavy atom. The lowest BCUT2D eigenvalue weighted by atomic mass is 9.83. The predicted molar refractivity (Wildman–Crippen MR) is 121 cm³/mol. The molecular weight excluding hydrogens is 414 g/mol. The van der Waals surface area contributed by atoms with Crippen LogP contribution in [-0.4, -0.2) is 56.1 Å². The van der Waals surface area contributed by atoms with Gasteiger partial charge in [0.2, 0.25) is 10.0 Å². The Labute approximate surface area is 184 Å². The van der Waals surface area contributed by atoms with Gasteiger partial charge in [-0.2, -0.15) is 0 Å². The first-order chi connectivity index (χ1) is 14.9. The molecule has 7 nitrogen and oxygen atoms in total. The molecule has 8 heteroatoms. The molecular formula is C23H31N3O4S. The van der Waals surface area contributed by atoms with Crippen LogP contribution in [0.3, 0.4) is 0 Å². The fraction of sp³-hybridized carbons (Fsp3) is 0.522. The number of benzene rings is 1. The van der Waals surface area contributed by atoms with Gasteiger partial charge in [-0.15, -0.1) is 0 Å². The zero-order chi connectivity index (χ0) is 21.8. The molecule has 2 aromatic rings. The smallest absolute Gasteiger partial charge is 0.209 e. The molecule has 0 unspecified atom stereocenters. The van der Waals surface area contributed by atoms with Crippen LogP contribution in [0.5, 0.6) is 5.75 Å². The van der Waals surface area contributed by atoms with Gasteiger partial charge in [-0.05, 0) is 55.7 Å². The van der Waals surface area contributed by atoms with Crippen LogP contribution in [0.4, 0.5) is 5.82 Å². The third kappa shape index (κ3) is 5.75. The molecule has 2 N–H and O–H groups in total. The van der Waals surface area contributed by atoms with Crippen molar-refractivity contribution in [3.05, 3.63) is 54.2 Å². The zero-order valence-corrected chi connectivity index (χ0v) is 18.7. The van der Waals surface area contributed by atoms with Crippen LogP contribution in [-0.2, 0) is 14.8 Å². The van der Waals surface area contributed by atoms with Crippen molar-refractivity contribution in [2.75, 3.05) is 24.3 Å². The van der Waals surface area contributed by atoms with Crippen LogP contribution in [0, 0.1) is 0 Å². The van der Waals surface area contributed by atoms with E-state index >= 15 is 0 Å². The summed E-state index contributed by atoms with van der Waals surface area (Å²) in [4.78, 5) is 6.40. The Bertz CT molecular complexity index is 945. The van der Waals surface area contributed by atoms with E-state index in [1.165, 1.54) is 18.0 Å². The Kier molecular flexibility index (Phi) is 6.79. The summed E-state index contributed by atoms with van der Waals surface area (Å²) in [5, 5.41) is 9.55. The molecule has 4 rings (SSSR count). The summed E-state index contributed by atoms with van der Waals surface area (Å²) in [5.41, 5.74) is 1.40. The molecule has 0 amide bonds. The van der Waals surface area contributed by atoms with Gasteiger partial charge in [0.15, 0.2) is 0 Å². The third-order valence-corrected chi connectivity index (χ3v) is 7.12. The number of hydrogen-bond donors (Lipinski definition) is 2. The molecule has 1 aromatic carbocycles. The lowest BCUT2D eigenvalue weighted by Crippen LogP contribution is -2.48. The van der Waals surface area contributed by atoms with Crippen LogP contribution < -0.4 is 9.62 Å². The van der Waals surface area contributed by atoms with Gasteiger partial charge in [-0.3, -0.25) is 0 Å². The van der Waals surface area contributed by atoms with E-state index in [1.54, 1.807) is 12.1 Å². The number of ether oxygens (including phenoxy) is 1. The molecule has 1 aromatic heterocycles. The van der Waals surface area contributed by atoms with Crippen LogP contribution in [0.25, 0.3) is 0 Å². The minimum Gasteiger partial charge on any atom is -0.506 e. The maximum Gasteiger partial charge on any atom is 0.209 e. The van der Waals surface area contributed by atoms with E-state index in [9.17, 15) is 13.5 Å². The summed E-state index contributed by atoms with van der Waals surface area (Å²) in [7, 11) is -3.33. The minimum absolute atomic E-state index is 0.108. The van der Waals surface area contributed by atoms with Crippen molar-refractivity contribution in [2.45, 2.75) is 56.2 Å². The number of hydrogen-bond acceptors (Lipinski definition) is 6. The average molecular weight is 446 g/mol. The lowest BCUT2D eigenvalue weighted by Gasteiger charge is -2.33. The molecule has 1 aliphatic carbocycles. The highest BCUT2D eigenvalue weighted by atomic mass is 32.2. The van der Waals surface area contributed by atoms with Crippen LogP contribution in [0.2, 0.25) is 0 Å². The first kappa shape index (κ1) is 22.0. The molecule has 2 atom stereocenters. The second kappa shape index (κ2) is 9.54. The van der Waals surface area contributed by atoms with Gasteiger partial charge in [0.25, 0.3) is 0 Å². The highest BCUT2D eigenvalue weighted by Gasteiger charge is 2.37. The molecule has 0 bridgehead atoms. The average Bonchev–Trinajstić information content (AvgIpc) is 3.14. The number of aromatic hydroxyl groups is 1. The predicted octanol–water partition coefficient (Wildman–Crippen LogP) is 3.03. The fourth-order valence-corrected chi connectivity index (χ4v) is 5.65. The number of anilines is 1. The highest BCUT2D eigenvalue weighted by molar-refractivity contribution is 7.88. The number of nitrogens with zero attached hydrogens (tertiary/aromatic N) is 2. The Morgan fingerprint density at radius 2 is 1.84 bits per heavy atom. The monoisotopic (exact) mass is 445 g/mol. The molecule has 0 radical (unpaired) electrons. The standard InChI is InChI=1S/C23H31N3O4S/c1-31(28,29)25-21-13-14-26(23-12-9-19(27)15-24-23)22(21)16-30-20-10-7-18(8-11-20)17-5-3-2-4-6-17/h2-6,9,12,15,18,20-22,25,27H,7-8,10-11,13-14,16H2,1H3/t18?,20?,21-,22-/m0/s1. The van der Waals surface area contributed by atoms with Gasteiger partial charge in [0, 0.05) is 12.6 Å². The Balaban J connectivity index is 1.39. The molecule has 1 saturated carbocycles. The largest absolute Gasteiger partial charge is 0.506 e. The van der Waals surface area contributed by atoms with Crippen LogP contribution >= 0.6 is 0 Å². The maximum absolute atomic E-state index is 11.9. The number of sulfonamides is 1. The van der Waals surface area contributed by atoms with Gasteiger partial charge in [0.05, 0.1) is 31.2 Å². The molecule has 168 valence electrons. The number of rotatable bonds is 7. The van der Waals surface area contributed by atoms with Crippen molar-refractivity contribution < 1.29 is 18.3 Å². The summed E-state index contributed by atoms with van der Waals surface area (Å²) in [5.74, 6) is 1.42. The number of nitrogens with one attached hydrogen (secondary N) is 1. The molecule has 31 heavy (non-hydrogen) atoms. The fourth-order valence-electron chi connectivity index (χ4n) is 4.83. The third-order valence-electron chi connectivity index (χ3n) is 6.39. The quantitative estimate of drug-likeness (QED) is 0.681. The molecule has 2 fully saturated rings. The van der Waals surface area contributed by atoms with E-state index in [0.29, 0.717) is 25.5 Å². The van der Waals surface area contributed by atoms with Gasteiger partial charge in [-0.25, -0.2) is 18.1 Å². The zero-order valence-electron chi connectivity index (χ0n) is 17.9. The van der Waals surface area contributed by atoms with Gasteiger partial charge >= 0.3 is 0 Å². The van der Waals surface area contributed by atoms with E-state index in [4.69, 9.17) is 4.74 Å². The Hall–Kier alpha value is -2.16. The van der Waals surface area contributed by atoms with Gasteiger partial charge < -0.3 is 14.7 Å². The molecule has 2 aliphatic rings. The van der Waals surface area contributed by atoms with Crippen molar-refractivity contribution >= 4 is 15.8 Å². The van der Waals surface area contributed by atoms with Crippen molar-refractivity contribution in [3.8, 4) is 5.75 Å².